The number of aromatic hydroxyl groups is 1. The summed E-state index contributed by atoms with van der Waals surface area (Å²) in [5.41, 5.74) is 3.50. The Morgan fingerprint density at radius 1 is 1.38 bits per heavy atom. The van der Waals surface area contributed by atoms with Gasteiger partial charge in [0.25, 0.3) is 0 Å². The Morgan fingerprint density at radius 2 is 2.10 bits per heavy atom. The van der Waals surface area contributed by atoms with Crippen molar-refractivity contribution in [1.29, 1.82) is 0 Å². The van der Waals surface area contributed by atoms with Crippen molar-refractivity contribution in [3.8, 4) is 5.75 Å². The summed E-state index contributed by atoms with van der Waals surface area (Å²) in [5.74, 6) is 0.935. The average Bonchev–Trinajstić information content (AvgIpc) is 2.96. The standard InChI is InChI=1S/C13H11Br2N3O2S/c14-10-4-8(5-11(15)12(10)19)6-17-18-13(21)16-7-9-2-1-3-20-9/h1-6,19H,7H2,(H2,16,18,21)/b17-6+. The van der Waals surface area contributed by atoms with Crippen molar-refractivity contribution in [2.75, 3.05) is 0 Å². The molecule has 0 aliphatic carbocycles. The van der Waals surface area contributed by atoms with Crippen molar-refractivity contribution < 1.29 is 9.52 Å². The molecule has 2 aromatic rings. The molecule has 0 spiro atoms. The van der Waals surface area contributed by atoms with Crippen LogP contribution >= 0.6 is 44.1 Å². The Labute approximate surface area is 143 Å². The van der Waals surface area contributed by atoms with E-state index in [9.17, 15) is 5.11 Å². The summed E-state index contributed by atoms with van der Waals surface area (Å²) in [4.78, 5) is 0. The van der Waals surface area contributed by atoms with Crippen molar-refractivity contribution in [3.05, 3.63) is 50.8 Å². The second-order valence-corrected chi connectivity index (χ2v) is 6.08. The van der Waals surface area contributed by atoms with E-state index in [4.69, 9.17) is 16.6 Å². The monoisotopic (exact) mass is 431 g/mol. The highest BCUT2D eigenvalue weighted by atomic mass is 79.9. The van der Waals surface area contributed by atoms with E-state index in [2.05, 4.69) is 47.7 Å². The maximum absolute atomic E-state index is 9.61. The number of benzene rings is 1. The first-order chi connectivity index (χ1) is 10.1. The number of nitrogens with one attached hydrogen (secondary N) is 2. The fourth-order valence-electron chi connectivity index (χ4n) is 1.45. The van der Waals surface area contributed by atoms with Crippen LogP contribution < -0.4 is 10.7 Å². The van der Waals surface area contributed by atoms with Gasteiger partial charge in [0.2, 0.25) is 0 Å². The van der Waals surface area contributed by atoms with E-state index in [0.29, 0.717) is 20.6 Å². The lowest BCUT2D eigenvalue weighted by atomic mass is 10.2. The van der Waals surface area contributed by atoms with E-state index in [-0.39, 0.29) is 5.75 Å². The Morgan fingerprint density at radius 3 is 2.71 bits per heavy atom. The molecular formula is C13H11Br2N3O2S. The van der Waals surface area contributed by atoms with Crippen LogP contribution in [0.5, 0.6) is 5.75 Å². The summed E-state index contributed by atoms with van der Waals surface area (Å²) in [5, 5.41) is 17.0. The molecule has 0 saturated carbocycles. The number of hydrogen-bond donors (Lipinski definition) is 3. The number of hydrazone groups is 1. The van der Waals surface area contributed by atoms with Gasteiger partial charge in [0.15, 0.2) is 5.11 Å². The van der Waals surface area contributed by atoms with Gasteiger partial charge < -0.3 is 14.8 Å². The second-order valence-electron chi connectivity index (χ2n) is 3.97. The molecule has 0 bridgehead atoms. The fraction of sp³-hybridized carbons (Fsp3) is 0.0769. The van der Waals surface area contributed by atoms with Gasteiger partial charge in [-0.1, -0.05) is 0 Å². The molecule has 0 saturated heterocycles. The van der Waals surface area contributed by atoms with Gasteiger partial charge in [-0.2, -0.15) is 5.10 Å². The van der Waals surface area contributed by atoms with E-state index in [0.717, 1.165) is 11.3 Å². The van der Waals surface area contributed by atoms with Gasteiger partial charge in [-0.25, -0.2) is 0 Å². The van der Waals surface area contributed by atoms with Gasteiger partial charge >= 0.3 is 0 Å². The first kappa shape index (κ1) is 16.0. The maximum Gasteiger partial charge on any atom is 0.187 e. The zero-order valence-corrected chi connectivity index (χ0v) is 14.6. The zero-order valence-electron chi connectivity index (χ0n) is 10.6. The van der Waals surface area contributed by atoms with Crippen LogP contribution in [0.1, 0.15) is 11.3 Å². The van der Waals surface area contributed by atoms with Crippen molar-refractivity contribution in [3.63, 3.8) is 0 Å². The quantitative estimate of drug-likeness (QED) is 0.391. The third kappa shape index (κ3) is 4.83. The van der Waals surface area contributed by atoms with Gasteiger partial charge in [0.1, 0.15) is 11.5 Å². The van der Waals surface area contributed by atoms with Crippen LogP contribution in [0.4, 0.5) is 0 Å². The lowest BCUT2D eigenvalue weighted by Gasteiger charge is -2.05. The minimum absolute atomic E-state index is 0.149. The molecule has 1 heterocycles. The van der Waals surface area contributed by atoms with Gasteiger partial charge in [-0.05, 0) is 73.9 Å². The molecule has 0 aliphatic rings. The van der Waals surface area contributed by atoms with E-state index in [1.165, 1.54) is 0 Å². The average molecular weight is 433 g/mol. The summed E-state index contributed by atoms with van der Waals surface area (Å²) in [6, 6.07) is 7.14. The molecule has 0 fully saturated rings. The van der Waals surface area contributed by atoms with Crippen LogP contribution in [0, 0.1) is 0 Å². The number of furan rings is 1. The topological polar surface area (TPSA) is 69.8 Å². The van der Waals surface area contributed by atoms with E-state index < -0.39 is 0 Å². The van der Waals surface area contributed by atoms with Gasteiger partial charge in [0, 0.05) is 0 Å². The number of rotatable bonds is 4. The number of phenols is 1. The first-order valence-electron chi connectivity index (χ1n) is 5.83. The molecule has 110 valence electrons. The molecule has 0 unspecified atom stereocenters. The Kier molecular flexibility index (Phi) is 5.77. The van der Waals surface area contributed by atoms with Crippen LogP contribution in [0.3, 0.4) is 0 Å². The van der Waals surface area contributed by atoms with Crippen LogP contribution in [0.25, 0.3) is 0 Å². The maximum atomic E-state index is 9.61. The Hall–Kier alpha value is -1.38. The molecule has 3 N–H and O–H groups in total. The lowest BCUT2D eigenvalue weighted by molar-refractivity contribution is 0.468. The number of thiocarbonyl (C=S) groups is 1. The molecule has 0 aliphatic heterocycles. The summed E-state index contributed by atoms with van der Waals surface area (Å²) < 4.78 is 6.33. The first-order valence-corrected chi connectivity index (χ1v) is 7.83. The van der Waals surface area contributed by atoms with Gasteiger partial charge in [-0.15, -0.1) is 0 Å². The predicted molar refractivity (Wildman–Crippen MR) is 92.4 cm³/mol. The van der Waals surface area contributed by atoms with Crippen LogP contribution in [-0.4, -0.2) is 16.4 Å². The van der Waals surface area contributed by atoms with E-state index >= 15 is 0 Å². The summed E-state index contributed by atoms with van der Waals surface area (Å²) >= 11 is 11.6. The summed E-state index contributed by atoms with van der Waals surface area (Å²) in [6.45, 7) is 0.491. The highest BCUT2D eigenvalue weighted by molar-refractivity contribution is 9.11. The lowest BCUT2D eigenvalue weighted by Crippen LogP contribution is -2.31. The van der Waals surface area contributed by atoms with Crippen LogP contribution in [0.15, 0.2) is 49.0 Å². The van der Waals surface area contributed by atoms with Gasteiger partial charge in [-0.3, -0.25) is 5.43 Å². The summed E-state index contributed by atoms with van der Waals surface area (Å²) in [7, 11) is 0. The normalized spacial score (nSPS) is 10.8. The van der Waals surface area contributed by atoms with Crippen LogP contribution in [-0.2, 0) is 6.54 Å². The van der Waals surface area contributed by atoms with Gasteiger partial charge in [0.05, 0.1) is 28.0 Å². The van der Waals surface area contributed by atoms with E-state index in [1.54, 1.807) is 24.6 Å². The molecule has 1 aromatic heterocycles. The molecule has 0 radical (unpaired) electrons. The smallest absolute Gasteiger partial charge is 0.187 e. The third-order valence-corrected chi connectivity index (χ3v) is 3.87. The number of phenolic OH excluding ortho intramolecular Hbond substituents is 1. The number of nitrogens with zero attached hydrogens (tertiary/aromatic N) is 1. The minimum Gasteiger partial charge on any atom is -0.506 e. The summed E-state index contributed by atoms with van der Waals surface area (Å²) in [6.07, 6.45) is 3.20. The highest BCUT2D eigenvalue weighted by Crippen LogP contribution is 2.32. The largest absolute Gasteiger partial charge is 0.506 e. The minimum atomic E-state index is 0.149. The number of halogens is 2. The molecular weight excluding hydrogens is 422 g/mol. The molecule has 2 rings (SSSR count). The molecule has 0 amide bonds. The molecule has 21 heavy (non-hydrogen) atoms. The molecule has 8 heteroatoms. The van der Waals surface area contributed by atoms with Crippen LogP contribution in [0.2, 0.25) is 0 Å². The Bertz CT molecular complexity index is 636. The predicted octanol–water partition coefficient (Wildman–Crippen LogP) is 3.51. The Balaban J connectivity index is 1.86. The fourth-order valence-corrected chi connectivity index (χ4v) is 2.79. The van der Waals surface area contributed by atoms with Crippen molar-refractivity contribution in [1.82, 2.24) is 10.7 Å². The second kappa shape index (κ2) is 7.58. The number of hydrogen-bond acceptors (Lipinski definition) is 4. The highest BCUT2D eigenvalue weighted by Gasteiger charge is 2.04. The van der Waals surface area contributed by atoms with E-state index in [1.807, 2.05) is 12.1 Å². The molecule has 0 atom stereocenters. The third-order valence-electron chi connectivity index (χ3n) is 2.42. The van der Waals surface area contributed by atoms with Crippen molar-refractivity contribution in [2.45, 2.75) is 6.54 Å². The van der Waals surface area contributed by atoms with Crippen molar-refractivity contribution in [2.24, 2.45) is 5.10 Å². The molecule has 1 aromatic carbocycles. The SMILES string of the molecule is Oc1c(Br)cc(/C=N/NC(=S)NCc2ccco2)cc1Br. The van der Waals surface area contributed by atoms with Crippen molar-refractivity contribution >= 4 is 55.4 Å². The molecule has 5 nitrogen and oxygen atoms in total. The zero-order chi connectivity index (χ0) is 15.2.